The number of hydrazone groups is 1. The van der Waals surface area contributed by atoms with Gasteiger partial charge < -0.3 is 23.7 Å². The van der Waals surface area contributed by atoms with Crippen molar-refractivity contribution in [2.24, 2.45) is 5.10 Å². The molecule has 2 aliphatic heterocycles. The molecule has 2 atom stereocenters. The van der Waals surface area contributed by atoms with Gasteiger partial charge in [-0.05, 0) is 60.2 Å². The van der Waals surface area contributed by atoms with Crippen LogP contribution in [0.15, 0.2) is 59.7 Å². The van der Waals surface area contributed by atoms with Crippen molar-refractivity contribution in [3.05, 3.63) is 76.3 Å². The molecule has 0 amide bonds. The van der Waals surface area contributed by atoms with Crippen LogP contribution in [0.4, 0.5) is 0 Å². The quantitative estimate of drug-likeness (QED) is 0.456. The largest absolute Gasteiger partial charge is 0.497 e. The van der Waals surface area contributed by atoms with Crippen molar-refractivity contribution in [1.29, 1.82) is 0 Å². The fourth-order valence-corrected chi connectivity index (χ4v) is 4.72. The van der Waals surface area contributed by atoms with Gasteiger partial charge in [-0.15, -0.1) is 0 Å². The second-order valence-electron chi connectivity index (χ2n) is 7.95. The lowest BCUT2D eigenvalue weighted by atomic mass is 9.95. The molecule has 0 bridgehead atoms. The van der Waals surface area contributed by atoms with Crippen LogP contribution in [-0.2, 0) is 0 Å². The van der Waals surface area contributed by atoms with Gasteiger partial charge in [-0.2, -0.15) is 5.10 Å². The molecule has 0 saturated carbocycles. The summed E-state index contributed by atoms with van der Waals surface area (Å²) in [4.78, 5) is 0. The lowest BCUT2D eigenvalue weighted by molar-refractivity contribution is -0.0205. The molecule has 3 aromatic rings. The van der Waals surface area contributed by atoms with E-state index in [1.807, 2.05) is 59.6 Å². The van der Waals surface area contributed by atoms with Gasteiger partial charge in [-0.3, -0.25) is 0 Å². The summed E-state index contributed by atoms with van der Waals surface area (Å²) < 4.78 is 28.6. The van der Waals surface area contributed by atoms with E-state index in [1.165, 1.54) is 0 Å². The first-order valence-corrected chi connectivity index (χ1v) is 11.2. The summed E-state index contributed by atoms with van der Waals surface area (Å²) in [6, 6.07) is 17.3. The first-order valence-electron chi connectivity index (χ1n) is 10.8. The van der Waals surface area contributed by atoms with Gasteiger partial charge in [0.2, 0.25) is 12.0 Å². The Kier molecular flexibility index (Phi) is 5.87. The average molecular weight is 481 g/mol. The maximum atomic E-state index is 6.49. The van der Waals surface area contributed by atoms with Crippen LogP contribution < -0.4 is 23.7 Å². The fraction of sp³-hybridized carbons (Fsp3) is 0.269. The molecule has 2 heterocycles. The van der Waals surface area contributed by atoms with Gasteiger partial charge in [0.25, 0.3) is 0 Å². The molecule has 0 saturated heterocycles. The summed E-state index contributed by atoms with van der Waals surface area (Å²) in [5.74, 6) is 3.18. The van der Waals surface area contributed by atoms with Crippen molar-refractivity contribution in [2.45, 2.75) is 18.7 Å². The van der Waals surface area contributed by atoms with E-state index in [9.17, 15) is 0 Å². The van der Waals surface area contributed by atoms with E-state index in [2.05, 4.69) is 0 Å². The summed E-state index contributed by atoms with van der Waals surface area (Å²) in [6.45, 7) is 0. The van der Waals surface area contributed by atoms with E-state index in [0.717, 1.165) is 33.9 Å². The smallest absolute Gasteiger partial charge is 0.217 e. The molecule has 3 aromatic carbocycles. The van der Waals surface area contributed by atoms with Crippen LogP contribution in [0.5, 0.6) is 28.7 Å². The molecule has 2 aliphatic rings. The van der Waals surface area contributed by atoms with E-state index in [1.54, 1.807) is 28.4 Å². The predicted octanol–water partition coefficient (Wildman–Crippen LogP) is 5.62. The Morgan fingerprint density at radius 3 is 2.29 bits per heavy atom. The molecule has 8 heteroatoms. The zero-order chi connectivity index (χ0) is 23.8. The normalized spacial score (nSPS) is 18.4. The Hall–Kier alpha value is -3.58. The Bertz CT molecular complexity index is 1240. The highest BCUT2D eigenvalue weighted by Gasteiger charge is 2.42. The number of benzene rings is 3. The third kappa shape index (κ3) is 3.66. The molecule has 0 fully saturated rings. The summed E-state index contributed by atoms with van der Waals surface area (Å²) in [6.07, 6.45) is 0.166. The van der Waals surface area contributed by atoms with Gasteiger partial charge in [0.15, 0.2) is 11.5 Å². The molecule has 34 heavy (non-hydrogen) atoms. The van der Waals surface area contributed by atoms with E-state index in [0.29, 0.717) is 28.7 Å². The topological polar surface area (TPSA) is 61.8 Å². The Balaban J connectivity index is 1.63. The van der Waals surface area contributed by atoms with Crippen LogP contribution in [0.3, 0.4) is 0 Å². The third-order valence-electron chi connectivity index (χ3n) is 6.18. The maximum Gasteiger partial charge on any atom is 0.217 e. The fourth-order valence-electron chi connectivity index (χ4n) is 4.54. The number of hydrogen-bond acceptors (Lipinski definition) is 7. The van der Waals surface area contributed by atoms with Gasteiger partial charge in [-0.25, -0.2) is 5.01 Å². The molecule has 176 valence electrons. The monoisotopic (exact) mass is 480 g/mol. The molecular formula is C26H25ClN2O5. The Morgan fingerprint density at radius 1 is 0.853 bits per heavy atom. The van der Waals surface area contributed by atoms with E-state index < -0.39 is 6.23 Å². The molecule has 0 aromatic heterocycles. The lowest BCUT2D eigenvalue weighted by Gasteiger charge is -2.38. The highest BCUT2D eigenvalue weighted by molar-refractivity contribution is 6.30. The molecule has 0 aliphatic carbocycles. The first kappa shape index (κ1) is 22.2. The third-order valence-corrected chi connectivity index (χ3v) is 6.41. The lowest BCUT2D eigenvalue weighted by Crippen LogP contribution is -2.34. The van der Waals surface area contributed by atoms with E-state index in [-0.39, 0.29) is 6.04 Å². The van der Waals surface area contributed by atoms with Crippen LogP contribution in [0.2, 0.25) is 5.02 Å². The van der Waals surface area contributed by atoms with Gasteiger partial charge >= 0.3 is 0 Å². The number of rotatable bonds is 6. The van der Waals surface area contributed by atoms with Crippen molar-refractivity contribution < 1.29 is 23.7 Å². The first-order chi connectivity index (χ1) is 16.6. The number of hydrogen-bond donors (Lipinski definition) is 0. The number of methoxy groups -OCH3 is 4. The number of nitrogens with zero attached hydrogens (tertiary/aromatic N) is 2. The second kappa shape index (κ2) is 8.99. The number of fused-ring (bicyclic) bond motifs is 3. The number of ether oxygens (including phenoxy) is 5. The summed E-state index contributed by atoms with van der Waals surface area (Å²) >= 11 is 6.35. The van der Waals surface area contributed by atoms with Gasteiger partial charge in [-0.1, -0.05) is 11.6 Å². The molecule has 0 N–H and O–H groups in total. The van der Waals surface area contributed by atoms with Crippen molar-refractivity contribution in [1.82, 2.24) is 5.01 Å². The maximum absolute atomic E-state index is 6.49. The summed E-state index contributed by atoms with van der Waals surface area (Å²) in [5, 5.41) is 7.64. The minimum Gasteiger partial charge on any atom is -0.497 e. The van der Waals surface area contributed by atoms with Gasteiger partial charge in [0.1, 0.15) is 11.5 Å². The van der Waals surface area contributed by atoms with Crippen molar-refractivity contribution in [3.63, 3.8) is 0 Å². The van der Waals surface area contributed by atoms with E-state index in [4.69, 9.17) is 40.4 Å². The molecule has 5 rings (SSSR count). The van der Waals surface area contributed by atoms with Crippen LogP contribution in [0.25, 0.3) is 0 Å². The second-order valence-corrected chi connectivity index (χ2v) is 8.39. The average Bonchev–Trinajstić information content (AvgIpc) is 3.33. The van der Waals surface area contributed by atoms with Gasteiger partial charge in [0.05, 0.1) is 45.8 Å². The highest BCUT2D eigenvalue weighted by atomic mass is 35.5. The zero-order valence-electron chi connectivity index (χ0n) is 19.4. The summed E-state index contributed by atoms with van der Waals surface area (Å²) in [7, 11) is 6.43. The molecule has 2 unspecified atom stereocenters. The van der Waals surface area contributed by atoms with Crippen LogP contribution in [0.1, 0.15) is 35.4 Å². The Labute approximate surface area is 203 Å². The molecular weight excluding hydrogens is 456 g/mol. The SMILES string of the molecule is COc1ccc(C2=NN3C(C2)c2cc(Cl)ccc2OC3c2ccc(OC)c(OC)c2OC)cc1. The molecule has 0 radical (unpaired) electrons. The van der Waals surface area contributed by atoms with Crippen LogP contribution in [-0.4, -0.2) is 39.2 Å². The minimum atomic E-state index is -0.538. The summed E-state index contributed by atoms with van der Waals surface area (Å²) in [5.41, 5.74) is 3.76. The highest BCUT2D eigenvalue weighted by Crippen LogP contribution is 2.51. The predicted molar refractivity (Wildman–Crippen MR) is 130 cm³/mol. The van der Waals surface area contributed by atoms with Crippen molar-refractivity contribution in [3.8, 4) is 28.7 Å². The molecule has 0 spiro atoms. The van der Waals surface area contributed by atoms with Gasteiger partial charge in [0, 0.05) is 17.0 Å². The van der Waals surface area contributed by atoms with Crippen LogP contribution >= 0.6 is 11.6 Å². The Morgan fingerprint density at radius 2 is 1.62 bits per heavy atom. The standard InChI is InChI=1S/C26H25ClN2O5/c1-30-17-8-5-15(6-9-17)20-14-21-19-13-16(27)7-11-22(19)34-26(29(21)28-20)18-10-12-23(31-2)25(33-4)24(18)32-3/h5-13,21,26H,14H2,1-4H3. The minimum absolute atomic E-state index is 0.0534. The van der Waals surface area contributed by atoms with Crippen molar-refractivity contribution >= 4 is 17.3 Å². The number of halogens is 1. The van der Waals surface area contributed by atoms with E-state index >= 15 is 0 Å². The van der Waals surface area contributed by atoms with Crippen molar-refractivity contribution in [2.75, 3.05) is 28.4 Å². The zero-order valence-corrected chi connectivity index (χ0v) is 20.1. The molecule has 7 nitrogen and oxygen atoms in total. The van der Waals surface area contributed by atoms with Crippen LogP contribution in [0, 0.1) is 0 Å².